The lowest BCUT2D eigenvalue weighted by Crippen LogP contribution is -2.37. The lowest BCUT2D eigenvalue weighted by atomic mass is 10.0. The summed E-state index contributed by atoms with van der Waals surface area (Å²) in [5.41, 5.74) is 0. The third-order valence-corrected chi connectivity index (χ3v) is 13.5. The quantitative estimate of drug-likeness (QED) is 0.0211. The van der Waals surface area contributed by atoms with Gasteiger partial charge in [-0.25, -0.2) is 4.57 Å². The van der Waals surface area contributed by atoms with Gasteiger partial charge in [0.1, 0.15) is 19.8 Å². The fourth-order valence-electron chi connectivity index (χ4n) is 8.19. The van der Waals surface area contributed by atoms with Crippen LogP contribution in [-0.2, 0) is 32.7 Å². The maximum atomic E-state index is 12.8. The Bertz CT molecular complexity index is 1110. The Hall–Kier alpha value is -1.25. The van der Waals surface area contributed by atoms with E-state index >= 15 is 0 Å². The predicted molar refractivity (Wildman–Crippen MR) is 275 cm³/mol. The number of phosphoric ester groups is 1. The van der Waals surface area contributed by atoms with Gasteiger partial charge < -0.3 is 18.9 Å². The summed E-state index contributed by atoms with van der Waals surface area (Å²) in [5, 5.41) is 0. The van der Waals surface area contributed by atoms with Crippen LogP contribution in [0.2, 0.25) is 0 Å². The van der Waals surface area contributed by atoms with Gasteiger partial charge >= 0.3 is 19.8 Å². The molecule has 0 rings (SSSR count). The topological polar surface area (TPSA) is 108 Å². The molecule has 9 nitrogen and oxygen atoms in total. The number of carbonyl (C=O) groups excluding carboxylic acids is 2. The zero-order valence-corrected chi connectivity index (χ0v) is 44.6. The van der Waals surface area contributed by atoms with Gasteiger partial charge in [0, 0.05) is 12.8 Å². The number of quaternary nitrogens is 1. The third kappa shape index (κ3) is 52.0. The van der Waals surface area contributed by atoms with Gasteiger partial charge in [0.15, 0.2) is 6.10 Å². The van der Waals surface area contributed by atoms with Crippen molar-refractivity contribution in [2.75, 3.05) is 47.5 Å². The second kappa shape index (κ2) is 47.8. The van der Waals surface area contributed by atoms with Crippen molar-refractivity contribution < 1.29 is 42.1 Å². The van der Waals surface area contributed by atoms with Gasteiger partial charge in [-0.2, -0.15) is 0 Å². The number of unbranched alkanes of at least 4 members (excludes halogenated alkanes) is 36. The molecule has 65 heavy (non-hydrogen) atoms. The fourth-order valence-corrected chi connectivity index (χ4v) is 8.93. The van der Waals surface area contributed by atoms with Crippen LogP contribution in [0.4, 0.5) is 0 Å². The minimum atomic E-state index is -4.38. The van der Waals surface area contributed by atoms with Gasteiger partial charge in [0.2, 0.25) is 0 Å². The maximum Gasteiger partial charge on any atom is 0.472 e. The largest absolute Gasteiger partial charge is 0.472 e. The average Bonchev–Trinajstić information content (AvgIpc) is 3.26. The van der Waals surface area contributed by atoms with Crippen LogP contribution in [0.15, 0.2) is 12.2 Å². The van der Waals surface area contributed by atoms with Gasteiger partial charge in [0.25, 0.3) is 0 Å². The second-order valence-corrected chi connectivity index (χ2v) is 21.8. The van der Waals surface area contributed by atoms with Crippen LogP contribution in [0.5, 0.6) is 0 Å². The highest BCUT2D eigenvalue weighted by atomic mass is 31.2. The number of nitrogens with zero attached hydrogens (tertiary/aromatic N) is 1. The van der Waals surface area contributed by atoms with Crippen molar-refractivity contribution in [2.24, 2.45) is 0 Å². The molecular formula is C55H109NO8P+. The van der Waals surface area contributed by atoms with Gasteiger partial charge in [-0.1, -0.05) is 238 Å². The third-order valence-electron chi connectivity index (χ3n) is 12.5. The van der Waals surface area contributed by atoms with Crippen LogP contribution in [-0.4, -0.2) is 74.9 Å². The summed E-state index contributed by atoms with van der Waals surface area (Å²) in [7, 11) is 1.49. The van der Waals surface area contributed by atoms with E-state index in [1.807, 2.05) is 21.1 Å². The number of hydrogen-bond donors (Lipinski definition) is 1. The highest BCUT2D eigenvalue weighted by Gasteiger charge is 2.27. The lowest BCUT2D eigenvalue weighted by Gasteiger charge is -2.24. The van der Waals surface area contributed by atoms with E-state index in [1.165, 1.54) is 212 Å². The Kier molecular flexibility index (Phi) is 46.9. The van der Waals surface area contributed by atoms with Crippen molar-refractivity contribution in [2.45, 2.75) is 283 Å². The van der Waals surface area contributed by atoms with Crippen molar-refractivity contribution in [1.82, 2.24) is 0 Å². The van der Waals surface area contributed by atoms with E-state index in [9.17, 15) is 19.0 Å². The van der Waals surface area contributed by atoms with E-state index in [0.29, 0.717) is 23.9 Å². The molecule has 0 saturated heterocycles. The number of hydrogen-bond acceptors (Lipinski definition) is 7. The molecule has 386 valence electrons. The molecule has 0 aromatic rings. The molecule has 0 aromatic carbocycles. The van der Waals surface area contributed by atoms with Gasteiger partial charge in [-0.3, -0.25) is 18.6 Å². The molecule has 0 spiro atoms. The first kappa shape index (κ1) is 63.8. The predicted octanol–water partition coefficient (Wildman–Crippen LogP) is 16.9. The van der Waals surface area contributed by atoms with Crippen LogP contribution < -0.4 is 0 Å². The molecular weight excluding hydrogens is 834 g/mol. The van der Waals surface area contributed by atoms with Gasteiger partial charge in [0.05, 0.1) is 27.7 Å². The molecule has 0 aromatic heterocycles. The van der Waals surface area contributed by atoms with E-state index in [2.05, 4.69) is 26.0 Å². The Morgan fingerprint density at radius 2 is 0.785 bits per heavy atom. The summed E-state index contributed by atoms with van der Waals surface area (Å²) in [5.74, 6) is -0.780. The molecule has 1 N–H and O–H groups in total. The first-order valence-electron chi connectivity index (χ1n) is 27.9. The van der Waals surface area contributed by atoms with Crippen LogP contribution in [0.25, 0.3) is 0 Å². The number of phosphoric acid groups is 1. The van der Waals surface area contributed by atoms with Crippen molar-refractivity contribution in [3.05, 3.63) is 12.2 Å². The van der Waals surface area contributed by atoms with Gasteiger partial charge in [-0.05, 0) is 38.5 Å². The summed E-state index contributed by atoms with van der Waals surface area (Å²) in [6, 6.07) is 0. The van der Waals surface area contributed by atoms with E-state index in [4.69, 9.17) is 18.5 Å². The highest BCUT2D eigenvalue weighted by Crippen LogP contribution is 2.43. The first-order valence-corrected chi connectivity index (χ1v) is 29.4. The normalized spacial score (nSPS) is 13.4. The van der Waals surface area contributed by atoms with Crippen molar-refractivity contribution in [3.8, 4) is 0 Å². The molecule has 0 heterocycles. The van der Waals surface area contributed by atoms with E-state index in [1.54, 1.807) is 0 Å². The standard InChI is InChI=1S/C55H108NO8P/c1-6-8-10-12-14-16-18-20-22-24-25-26-27-28-29-30-31-32-34-36-38-40-42-44-46-48-55(58)64-53(52-63-65(59,60)62-50-49-56(3,4)5)51-61-54(57)47-45-43-41-39-37-35-33-23-21-19-17-15-13-11-9-7-2/h24-25,53H,6-23,26-52H2,1-5H3/p+1/b25-24-. The molecule has 2 unspecified atom stereocenters. The number of likely N-dealkylation sites (N-methyl/N-ethyl adjacent to an activating group) is 1. The summed E-state index contributed by atoms with van der Waals surface area (Å²) in [6.45, 7) is 4.48. The number of ether oxygens (including phenoxy) is 2. The summed E-state index contributed by atoms with van der Waals surface area (Å²) in [4.78, 5) is 35.6. The van der Waals surface area contributed by atoms with Crippen LogP contribution in [0.1, 0.15) is 277 Å². The molecule has 0 fully saturated rings. The number of rotatable bonds is 52. The Morgan fingerprint density at radius 3 is 1.14 bits per heavy atom. The molecule has 0 radical (unpaired) electrons. The molecule has 0 aliphatic rings. The minimum absolute atomic E-state index is 0.0356. The van der Waals surface area contributed by atoms with Crippen LogP contribution in [0, 0.1) is 0 Å². The minimum Gasteiger partial charge on any atom is -0.462 e. The van der Waals surface area contributed by atoms with E-state index in [0.717, 1.165) is 32.1 Å². The van der Waals surface area contributed by atoms with E-state index < -0.39 is 26.5 Å². The van der Waals surface area contributed by atoms with Crippen LogP contribution in [0.3, 0.4) is 0 Å². The van der Waals surface area contributed by atoms with Gasteiger partial charge in [-0.15, -0.1) is 0 Å². The summed E-state index contributed by atoms with van der Waals surface area (Å²) >= 11 is 0. The molecule has 10 heteroatoms. The maximum absolute atomic E-state index is 12.8. The van der Waals surface area contributed by atoms with Crippen molar-refractivity contribution in [1.29, 1.82) is 0 Å². The zero-order chi connectivity index (χ0) is 47.8. The molecule has 0 amide bonds. The number of carbonyl (C=O) groups is 2. The Labute approximate surface area is 403 Å². The SMILES string of the molecule is CCCCCCCCCC/C=C\CCCCCCCCCCCCCCCC(=O)OC(COC(=O)CCCCCCCCCCCCCCCCCC)COP(=O)(O)OCC[N+](C)(C)C. The zero-order valence-electron chi connectivity index (χ0n) is 43.8. The lowest BCUT2D eigenvalue weighted by molar-refractivity contribution is -0.870. The molecule has 2 atom stereocenters. The summed E-state index contributed by atoms with van der Waals surface area (Å²) in [6.07, 6.45) is 54.1. The number of esters is 2. The van der Waals surface area contributed by atoms with Crippen molar-refractivity contribution >= 4 is 19.8 Å². The smallest absolute Gasteiger partial charge is 0.462 e. The Morgan fingerprint density at radius 1 is 0.462 bits per heavy atom. The molecule has 0 bridgehead atoms. The average molecular weight is 943 g/mol. The second-order valence-electron chi connectivity index (χ2n) is 20.3. The monoisotopic (exact) mass is 943 g/mol. The van der Waals surface area contributed by atoms with Crippen LogP contribution >= 0.6 is 7.82 Å². The first-order chi connectivity index (χ1) is 31.5. The van der Waals surface area contributed by atoms with Crippen molar-refractivity contribution in [3.63, 3.8) is 0 Å². The van der Waals surface area contributed by atoms with E-state index in [-0.39, 0.29) is 25.6 Å². The molecule has 0 aliphatic carbocycles. The summed E-state index contributed by atoms with van der Waals surface area (Å²) < 4.78 is 34.5. The molecule has 0 saturated carbocycles. The highest BCUT2D eigenvalue weighted by molar-refractivity contribution is 7.47. The molecule has 0 aliphatic heterocycles. The Balaban J connectivity index is 4.13. The number of allylic oxidation sites excluding steroid dienone is 2. The fraction of sp³-hybridized carbons (Fsp3) is 0.927.